The third kappa shape index (κ3) is 5.46. The Morgan fingerprint density at radius 2 is 1.82 bits per heavy atom. The second-order valence-electron chi connectivity index (χ2n) is 9.51. The summed E-state index contributed by atoms with van der Waals surface area (Å²) in [7, 11) is 0. The van der Waals surface area contributed by atoms with Gasteiger partial charge in [0.1, 0.15) is 6.54 Å². The summed E-state index contributed by atoms with van der Waals surface area (Å²) in [6, 6.07) is 13.9. The number of aromatic nitrogens is 2. The molecule has 2 atom stereocenters. The molecule has 3 aromatic rings. The molecule has 0 bridgehead atoms. The number of thioether (sulfide) groups is 1. The molecule has 0 aliphatic carbocycles. The van der Waals surface area contributed by atoms with Gasteiger partial charge in [-0.3, -0.25) is 9.59 Å². The van der Waals surface area contributed by atoms with Gasteiger partial charge in [-0.05, 0) is 54.9 Å². The quantitative estimate of drug-likeness (QED) is 0.477. The largest absolute Gasteiger partial charge is 0.341 e. The maximum absolute atomic E-state index is 13.2. The molecule has 1 aliphatic heterocycles. The van der Waals surface area contributed by atoms with Crippen molar-refractivity contribution in [2.45, 2.75) is 52.2 Å². The zero-order valence-corrected chi connectivity index (χ0v) is 21.3. The standard InChI is InChI=1S/C27H34N4O2S/c1-5-21-10-8-9-20(4)26(21)29-24(32)17-34-27-28-22-11-6-7-12-23(22)31(27)16-25(33)30-14-18(2)13-19(3)15-30/h6-12,18-19H,5,13-17H2,1-4H3,(H,29,32)/t18-,19-/m1/s1. The number of hydrogen-bond donors (Lipinski definition) is 1. The minimum absolute atomic E-state index is 0.0717. The van der Waals surface area contributed by atoms with Crippen LogP contribution in [0.2, 0.25) is 0 Å². The Kier molecular flexibility index (Phi) is 7.61. The van der Waals surface area contributed by atoms with Gasteiger partial charge < -0.3 is 14.8 Å². The molecule has 1 aromatic heterocycles. The van der Waals surface area contributed by atoms with Crippen LogP contribution < -0.4 is 5.32 Å². The molecule has 2 amide bonds. The summed E-state index contributed by atoms with van der Waals surface area (Å²) in [6.07, 6.45) is 2.02. The lowest BCUT2D eigenvalue weighted by molar-refractivity contribution is -0.134. The van der Waals surface area contributed by atoms with Gasteiger partial charge in [0.25, 0.3) is 0 Å². The number of benzene rings is 2. The highest BCUT2D eigenvalue weighted by Crippen LogP contribution is 2.27. The Hall–Kier alpha value is -2.80. The lowest BCUT2D eigenvalue weighted by Gasteiger charge is -2.35. The normalized spacial score (nSPS) is 18.3. The van der Waals surface area contributed by atoms with Crippen molar-refractivity contribution in [2.75, 3.05) is 24.2 Å². The van der Waals surface area contributed by atoms with Crippen LogP contribution in [0.5, 0.6) is 0 Å². The molecule has 2 heterocycles. The lowest BCUT2D eigenvalue weighted by atomic mass is 9.92. The fraction of sp³-hybridized carbons (Fsp3) is 0.444. The van der Waals surface area contributed by atoms with Crippen LogP contribution in [0.15, 0.2) is 47.6 Å². The van der Waals surface area contributed by atoms with E-state index in [1.165, 1.54) is 11.8 Å². The molecule has 0 unspecified atom stereocenters. The number of likely N-dealkylation sites (tertiary alicyclic amines) is 1. The van der Waals surface area contributed by atoms with E-state index >= 15 is 0 Å². The first kappa shape index (κ1) is 24.3. The fourth-order valence-electron chi connectivity index (χ4n) is 4.93. The first-order chi connectivity index (χ1) is 16.4. The maximum Gasteiger partial charge on any atom is 0.242 e. The zero-order valence-electron chi connectivity index (χ0n) is 20.5. The Balaban J connectivity index is 1.50. The maximum atomic E-state index is 13.2. The van der Waals surface area contributed by atoms with E-state index in [0.29, 0.717) is 17.0 Å². The van der Waals surface area contributed by atoms with E-state index in [-0.39, 0.29) is 24.1 Å². The fourth-order valence-corrected chi connectivity index (χ4v) is 5.74. The molecule has 0 radical (unpaired) electrons. The molecule has 34 heavy (non-hydrogen) atoms. The molecule has 7 heteroatoms. The summed E-state index contributed by atoms with van der Waals surface area (Å²) < 4.78 is 1.96. The van der Waals surface area contributed by atoms with E-state index in [0.717, 1.165) is 53.8 Å². The van der Waals surface area contributed by atoms with Gasteiger partial charge in [0, 0.05) is 18.8 Å². The predicted molar refractivity (Wildman–Crippen MR) is 139 cm³/mol. The Bertz CT molecular complexity index is 1180. The lowest BCUT2D eigenvalue weighted by Crippen LogP contribution is -2.44. The van der Waals surface area contributed by atoms with Crippen LogP contribution >= 0.6 is 11.8 Å². The Morgan fingerprint density at radius 3 is 2.56 bits per heavy atom. The number of rotatable bonds is 7. The van der Waals surface area contributed by atoms with Crippen LogP contribution in [0, 0.1) is 18.8 Å². The SMILES string of the molecule is CCc1cccc(C)c1NC(=O)CSc1nc2ccccc2n1CC(=O)N1C[C@H](C)C[C@@H](C)C1. The number of hydrogen-bond acceptors (Lipinski definition) is 4. The molecule has 0 saturated carbocycles. The number of aryl methyl sites for hydroxylation is 2. The van der Waals surface area contributed by atoms with Gasteiger partial charge in [-0.1, -0.05) is 62.9 Å². The number of nitrogens with one attached hydrogen (secondary N) is 1. The summed E-state index contributed by atoms with van der Waals surface area (Å²) in [4.78, 5) is 32.8. The van der Waals surface area contributed by atoms with Gasteiger partial charge in [-0.25, -0.2) is 4.98 Å². The van der Waals surface area contributed by atoms with Gasteiger partial charge in [0.2, 0.25) is 11.8 Å². The first-order valence-electron chi connectivity index (χ1n) is 12.1. The number of piperidine rings is 1. The van der Waals surface area contributed by atoms with Gasteiger partial charge in [0.05, 0.1) is 16.8 Å². The monoisotopic (exact) mass is 478 g/mol. The number of anilines is 1. The molecule has 2 aromatic carbocycles. The van der Waals surface area contributed by atoms with E-state index in [4.69, 9.17) is 4.98 Å². The second kappa shape index (κ2) is 10.6. The third-order valence-electron chi connectivity index (χ3n) is 6.47. The molecule has 6 nitrogen and oxygen atoms in total. The minimum Gasteiger partial charge on any atom is -0.341 e. The topological polar surface area (TPSA) is 67.2 Å². The third-order valence-corrected chi connectivity index (χ3v) is 7.45. The van der Waals surface area contributed by atoms with E-state index in [9.17, 15) is 9.59 Å². The van der Waals surface area contributed by atoms with Crippen LogP contribution in [0.25, 0.3) is 11.0 Å². The van der Waals surface area contributed by atoms with E-state index in [1.807, 2.05) is 58.9 Å². The van der Waals surface area contributed by atoms with Crippen molar-refractivity contribution in [3.05, 3.63) is 53.6 Å². The van der Waals surface area contributed by atoms with Gasteiger partial charge in [0.15, 0.2) is 5.16 Å². The minimum atomic E-state index is -0.0717. The Morgan fingerprint density at radius 1 is 1.09 bits per heavy atom. The number of para-hydroxylation sites is 3. The second-order valence-corrected chi connectivity index (χ2v) is 10.5. The molecule has 4 rings (SSSR count). The molecule has 1 aliphatic rings. The molecule has 180 valence electrons. The van der Waals surface area contributed by atoms with E-state index in [2.05, 4.69) is 26.1 Å². The van der Waals surface area contributed by atoms with Crippen molar-refractivity contribution in [2.24, 2.45) is 11.8 Å². The van der Waals surface area contributed by atoms with Crippen molar-refractivity contribution in [1.29, 1.82) is 0 Å². The van der Waals surface area contributed by atoms with Gasteiger partial charge in [-0.2, -0.15) is 0 Å². The summed E-state index contributed by atoms with van der Waals surface area (Å²) in [6.45, 7) is 10.4. The van der Waals surface area contributed by atoms with Crippen molar-refractivity contribution < 1.29 is 9.59 Å². The van der Waals surface area contributed by atoms with Crippen LogP contribution in [0.1, 0.15) is 38.3 Å². The van der Waals surface area contributed by atoms with Gasteiger partial charge in [-0.15, -0.1) is 0 Å². The number of fused-ring (bicyclic) bond motifs is 1. The molecule has 1 saturated heterocycles. The van der Waals surface area contributed by atoms with Crippen molar-refractivity contribution in [1.82, 2.24) is 14.5 Å². The number of carbonyl (C=O) groups excluding carboxylic acids is 2. The Labute approximate surface area is 206 Å². The molecule has 1 N–H and O–H groups in total. The summed E-state index contributed by atoms with van der Waals surface area (Å²) in [5.74, 6) is 1.30. The smallest absolute Gasteiger partial charge is 0.242 e. The first-order valence-corrected chi connectivity index (χ1v) is 13.1. The van der Waals surface area contributed by atoms with E-state index in [1.54, 1.807) is 0 Å². The molecular formula is C27H34N4O2S. The number of nitrogens with zero attached hydrogens (tertiary/aromatic N) is 3. The van der Waals surface area contributed by atoms with Crippen LogP contribution in [-0.4, -0.2) is 45.1 Å². The van der Waals surface area contributed by atoms with Crippen LogP contribution in [0.4, 0.5) is 5.69 Å². The number of amides is 2. The highest BCUT2D eigenvalue weighted by molar-refractivity contribution is 7.99. The van der Waals surface area contributed by atoms with Crippen LogP contribution in [0.3, 0.4) is 0 Å². The predicted octanol–water partition coefficient (Wildman–Crippen LogP) is 5.14. The van der Waals surface area contributed by atoms with Gasteiger partial charge >= 0.3 is 0 Å². The molecule has 0 spiro atoms. The average molecular weight is 479 g/mol. The molecule has 1 fully saturated rings. The van der Waals surface area contributed by atoms with E-state index < -0.39 is 0 Å². The van der Waals surface area contributed by atoms with Crippen molar-refractivity contribution >= 4 is 40.3 Å². The summed E-state index contributed by atoms with van der Waals surface area (Å²) in [5, 5.41) is 3.78. The zero-order chi connectivity index (χ0) is 24.2. The summed E-state index contributed by atoms with van der Waals surface area (Å²) in [5.41, 5.74) is 4.84. The van der Waals surface area contributed by atoms with Crippen LogP contribution in [-0.2, 0) is 22.6 Å². The highest BCUT2D eigenvalue weighted by atomic mass is 32.2. The summed E-state index contributed by atoms with van der Waals surface area (Å²) >= 11 is 1.38. The highest BCUT2D eigenvalue weighted by Gasteiger charge is 2.26. The van der Waals surface area contributed by atoms with Crippen molar-refractivity contribution in [3.8, 4) is 0 Å². The molecular weight excluding hydrogens is 444 g/mol. The number of imidazole rings is 1. The number of carbonyl (C=O) groups is 2. The van der Waals surface area contributed by atoms with Crippen molar-refractivity contribution in [3.63, 3.8) is 0 Å². The average Bonchev–Trinajstić information content (AvgIpc) is 3.15.